The maximum atomic E-state index is 12.2. The Morgan fingerprint density at radius 3 is 2.00 bits per heavy atom. The Morgan fingerprint density at radius 2 is 1.47 bits per heavy atom. The molecule has 3 rings (SSSR count). The van der Waals surface area contributed by atoms with Gasteiger partial charge >= 0.3 is 5.97 Å². The number of rotatable bonds is 11. The van der Waals surface area contributed by atoms with Crippen molar-refractivity contribution in [1.29, 1.82) is 0 Å². The highest BCUT2D eigenvalue weighted by Gasteiger charge is 2.14. The van der Waals surface area contributed by atoms with Gasteiger partial charge in [0, 0.05) is 12.1 Å². The number of carbonyl (C=O) groups is 2. The Balaban J connectivity index is 1.66. The molecule has 3 aromatic rings. The number of hydrogen-bond acceptors (Lipinski definition) is 3. The molecule has 3 aromatic carbocycles. The number of carboxylic acids is 1. The number of ether oxygens (including phenoxy) is 1. The molecule has 34 heavy (non-hydrogen) atoms. The van der Waals surface area contributed by atoms with Crippen LogP contribution in [-0.2, 0) is 4.79 Å². The first kappa shape index (κ1) is 24.8. The summed E-state index contributed by atoms with van der Waals surface area (Å²) in [6, 6.07) is 23.7. The Bertz CT molecular complexity index is 1120. The third kappa shape index (κ3) is 6.82. The molecule has 2 N–H and O–H groups in total. The van der Waals surface area contributed by atoms with E-state index in [-0.39, 0.29) is 25.0 Å². The molecule has 1 amide bonds. The minimum absolute atomic E-state index is 0.102. The van der Waals surface area contributed by atoms with Gasteiger partial charge in [0.25, 0.3) is 5.91 Å². The number of carboxylic acid groups (broad SMARTS) is 1. The summed E-state index contributed by atoms with van der Waals surface area (Å²) in [4.78, 5) is 22.8. The van der Waals surface area contributed by atoms with E-state index in [0.717, 1.165) is 46.4 Å². The molecule has 0 radical (unpaired) electrons. The molecule has 0 aliphatic rings. The lowest BCUT2D eigenvalue weighted by Gasteiger charge is -2.20. The number of aliphatic carboxylic acids is 1. The first-order chi connectivity index (χ1) is 16.4. The van der Waals surface area contributed by atoms with Crippen molar-refractivity contribution >= 4 is 17.4 Å². The van der Waals surface area contributed by atoms with E-state index in [1.165, 1.54) is 0 Å². The standard InChI is InChI=1S/C29H31NO4/c1-4-5-27(24-10-12-25(13-11-24)29(33)30-19-18-28(31)32)34-26-16-14-23(15-17-26)22-8-6-21(7-9-22)20(2)3/h6-17,27H,2,4-5,18-19H2,1,3H3,(H,30,33)(H,31,32). The molecule has 0 fully saturated rings. The minimum atomic E-state index is -0.941. The second-order valence-corrected chi connectivity index (χ2v) is 8.30. The lowest BCUT2D eigenvalue weighted by atomic mass is 10.0. The Kier molecular flexibility index (Phi) is 8.63. The fraction of sp³-hybridized carbons (Fsp3) is 0.241. The van der Waals surface area contributed by atoms with Crippen LogP contribution in [-0.4, -0.2) is 23.5 Å². The van der Waals surface area contributed by atoms with Gasteiger partial charge in [-0.15, -0.1) is 0 Å². The Labute approximate surface area is 201 Å². The van der Waals surface area contributed by atoms with Crippen molar-refractivity contribution in [3.63, 3.8) is 0 Å². The zero-order valence-corrected chi connectivity index (χ0v) is 19.7. The van der Waals surface area contributed by atoms with Gasteiger partial charge < -0.3 is 15.2 Å². The average molecular weight is 458 g/mol. The van der Waals surface area contributed by atoms with Crippen LogP contribution < -0.4 is 10.1 Å². The molecule has 176 valence electrons. The minimum Gasteiger partial charge on any atom is -0.486 e. The Hall–Kier alpha value is -3.86. The molecule has 5 nitrogen and oxygen atoms in total. The summed E-state index contributed by atoms with van der Waals surface area (Å²) >= 11 is 0. The molecule has 5 heteroatoms. The summed E-state index contributed by atoms with van der Waals surface area (Å²) in [5, 5.41) is 11.3. The van der Waals surface area contributed by atoms with Crippen LogP contribution in [0.5, 0.6) is 5.75 Å². The van der Waals surface area contributed by atoms with Crippen LogP contribution in [0.15, 0.2) is 79.4 Å². The fourth-order valence-electron chi connectivity index (χ4n) is 3.63. The number of nitrogens with one attached hydrogen (secondary N) is 1. The third-order valence-electron chi connectivity index (χ3n) is 5.56. The van der Waals surface area contributed by atoms with Gasteiger partial charge in [0.15, 0.2) is 0 Å². The van der Waals surface area contributed by atoms with E-state index in [0.29, 0.717) is 5.56 Å². The number of carbonyl (C=O) groups excluding carboxylic acids is 1. The maximum absolute atomic E-state index is 12.2. The summed E-state index contributed by atoms with van der Waals surface area (Å²) in [6.45, 7) is 8.19. The molecule has 1 atom stereocenters. The van der Waals surface area contributed by atoms with Crippen molar-refractivity contribution in [2.24, 2.45) is 0 Å². The molecule has 0 bridgehead atoms. The zero-order valence-electron chi connectivity index (χ0n) is 19.7. The molecule has 0 aliphatic carbocycles. The molecule has 0 aromatic heterocycles. The lowest BCUT2D eigenvalue weighted by molar-refractivity contribution is -0.136. The molecular formula is C29H31NO4. The van der Waals surface area contributed by atoms with Gasteiger partial charge in [0.1, 0.15) is 11.9 Å². The fourth-order valence-corrected chi connectivity index (χ4v) is 3.63. The molecule has 0 saturated heterocycles. The van der Waals surface area contributed by atoms with Crippen molar-refractivity contribution in [3.05, 3.63) is 96.1 Å². The summed E-state index contributed by atoms with van der Waals surface area (Å²) < 4.78 is 6.30. The van der Waals surface area contributed by atoms with Crippen LogP contribution in [0, 0.1) is 0 Å². The number of amides is 1. The quantitative estimate of drug-likeness (QED) is 0.344. The van der Waals surface area contributed by atoms with E-state index in [2.05, 4.69) is 55.2 Å². The molecule has 0 spiro atoms. The number of allylic oxidation sites excluding steroid dienone is 1. The van der Waals surface area contributed by atoms with E-state index in [4.69, 9.17) is 9.84 Å². The summed E-state index contributed by atoms with van der Waals surface area (Å²) in [5.74, 6) is -0.437. The van der Waals surface area contributed by atoms with Crippen molar-refractivity contribution in [1.82, 2.24) is 5.32 Å². The first-order valence-corrected chi connectivity index (χ1v) is 11.5. The van der Waals surface area contributed by atoms with Gasteiger partial charge in [0.05, 0.1) is 6.42 Å². The van der Waals surface area contributed by atoms with Crippen LogP contribution in [0.2, 0.25) is 0 Å². The molecule has 0 heterocycles. The first-order valence-electron chi connectivity index (χ1n) is 11.5. The van der Waals surface area contributed by atoms with Crippen LogP contribution in [0.3, 0.4) is 0 Å². The summed E-state index contributed by atoms with van der Waals surface area (Å²) in [6.07, 6.45) is 1.56. The van der Waals surface area contributed by atoms with Crippen molar-refractivity contribution in [3.8, 4) is 16.9 Å². The number of hydrogen-bond donors (Lipinski definition) is 2. The van der Waals surface area contributed by atoms with Crippen molar-refractivity contribution < 1.29 is 19.4 Å². The van der Waals surface area contributed by atoms with Crippen LogP contribution in [0.1, 0.15) is 60.7 Å². The number of benzene rings is 3. The summed E-state index contributed by atoms with van der Waals surface area (Å²) in [5.41, 5.74) is 5.92. The molecule has 0 saturated carbocycles. The van der Waals surface area contributed by atoms with Gasteiger partial charge in [-0.25, -0.2) is 0 Å². The highest BCUT2D eigenvalue weighted by molar-refractivity contribution is 5.94. The van der Waals surface area contributed by atoms with Gasteiger partial charge in [0.2, 0.25) is 0 Å². The van der Waals surface area contributed by atoms with E-state index in [1.54, 1.807) is 12.1 Å². The van der Waals surface area contributed by atoms with Crippen molar-refractivity contribution in [2.45, 2.75) is 39.2 Å². The van der Waals surface area contributed by atoms with Gasteiger partial charge in [-0.05, 0) is 59.9 Å². The largest absolute Gasteiger partial charge is 0.486 e. The topological polar surface area (TPSA) is 75.6 Å². The van der Waals surface area contributed by atoms with Crippen LogP contribution in [0.25, 0.3) is 16.7 Å². The van der Waals surface area contributed by atoms with E-state index < -0.39 is 5.97 Å². The average Bonchev–Trinajstić information content (AvgIpc) is 2.84. The molecular weight excluding hydrogens is 426 g/mol. The predicted molar refractivity (Wildman–Crippen MR) is 136 cm³/mol. The maximum Gasteiger partial charge on any atom is 0.305 e. The predicted octanol–water partition coefficient (Wildman–Crippen LogP) is 6.51. The zero-order chi connectivity index (χ0) is 24.5. The monoisotopic (exact) mass is 457 g/mol. The van der Waals surface area contributed by atoms with Crippen LogP contribution >= 0.6 is 0 Å². The highest BCUT2D eigenvalue weighted by Crippen LogP contribution is 2.29. The normalized spacial score (nSPS) is 11.5. The van der Waals surface area contributed by atoms with Gasteiger partial charge in [-0.1, -0.05) is 74.0 Å². The van der Waals surface area contributed by atoms with Gasteiger partial charge in [-0.2, -0.15) is 0 Å². The van der Waals surface area contributed by atoms with Crippen LogP contribution in [0.4, 0.5) is 0 Å². The summed E-state index contributed by atoms with van der Waals surface area (Å²) in [7, 11) is 0. The third-order valence-corrected chi connectivity index (χ3v) is 5.56. The second-order valence-electron chi connectivity index (χ2n) is 8.30. The SMILES string of the molecule is C=C(C)c1ccc(-c2ccc(OC(CCC)c3ccc(C(=O)NCCC(=O)O)cc3)cc2)cc1. The van der Waals surface area contributed by atoms with Gasteiger partial charge in [-0.3, -0.25) is 9.59 Å². The highest BCUT2D eigenvalue weighted by atomic mass is 16.5. The second kappa shape index (κ2) is 11.8. The van der Waals surface area contributed by atoms with E-state index >= 15 is 0 Å². The molecule has 1 unspecified atom stereocenters. The van der Waals surface area contributed by atoms with Crippen molar-refractivity contribution in [2.75, 3.05) is 6.54 Å². The Morgan fingerprint density at radius 1 is 0.912 bits per heavy atom. The van der Waals surface area contributed by atoms with E-state index in [1.807, 2.05) is 31.2 Å². The smallest absolute Gasteiger partial charge is 0.305 e. The van der Waals surface area contributed by atoms with E-state index in [9.17, 15) is 9.59 Å². The lowest BCUT2D eigenvalue weighted by Crippen LogP contribution is -2.26. The molecule has 0 aliphatic heterocycles.